The third-order valence-electron chi connectivity index (χ3n) is 6.01. The van der Waals surface area contributed by atoms with Crippen LogP contribution in [-0.2, 0) is 16.2 Å². The van der Waals surface area contributed by atoms with Crippen LogP contribution in [0.5, 0.6) is 5.75 Å². The molecule has 1 saturated heterocycles. The first-order valence-corrected chi connectivity index (χ1v) is 12.3. The zero-order valence-corrected chi connectivity index (χ0v) is 21.3. The standard InChI is InChI=1S/C30H21N3O5S/c34-28-26(19-22-11-7-8-17-27(22)38-20-21-10-9-16-25(18-21)33(36)37)29(35)32(24-14-5-2-6-15-24)30(39)31(28)23-12-3-1-4-13-23/h1-19H,20H2. The summed E-state index contributed by atoms with van der Waals surface area (Å²) < 4.78 is 5.97. The van der Waals surface area contributed by atoms with Crippen molar-refractivity contribution in [1.29, 1.82) is 0 Å². The van der Waals surface area contributed by atoms with Gasteiger partial charge in [-0.1, -0.05) is 66.7 Å². The summed E-state index contributed by atoms with van der Waals surface area (Å²) in [6, 6.07) is 30.9. The average Bonchev–Trinajstić information content (AvgIpc) is 2.96. The normalized spacial score (nSPS) is 13.4. The number of carbonyl (C=O) groups is 2. The molecule has 2 amide bonds. The molecule has 0 unspecified atom stereocenters. The number of carbonyl (C=O) groups excluding carboxylic acids is 2. The van der Waals surface area contributed by atoms with Gasteiger partial charge in [0.25, 0.3) is 17.5 Å². The Bertz CT molecular complexity index is 1540. The molecule has 39 heavy (non-hydrogen) atoms. The highest BCUT2D eigenvalue weighted by Gasteiger charge is 2.41. The van der Waals surface area contributed by atoms with Gasteiger partial charge < -0.3 is 4.74 Å². The molecule has 4 aromatic carbocycles. The predicted molar refractivity (Wildman–Crippen MR) is 152 cm³/mol. The number of thiocarbonyl (C=S) groups is 1. The fourth-order valence-corrected chi connectivity index (χ4v) is 4.52. The maximum absolute atomic E-state index is 13.7. The van der Waals surface area contributed by atoms with Gasteiger partial charge in [-0.05, 0) is 54.2 Å². The Hall–Kier alpha value is -5.15. The highest BCUT2D eigenvalue weighted by Crippen LogP contribution is 2.31. The van der Waals surface area contributed by atoms with Crippen LogP contribution in [0.15, 0.2) is 115 Å². The molecule has 0 bridgehead atoms. The number of nitro benzene ring substituents is 1. The van der Waals surface area contributed by atoms with Crippen molar-refractivity contribution in [2.24, 2.45) is 0 Å². The van der Waals surface area contributed by atoms with Crippen LogP contribution in [0.2, 0.25) is 0 Å². The number of nitrogens with zero attached hydrogens (tertiary/aromatic N) is 3. The smallest absolute Gasteiger partial charge is 0.270 e. The van der Waals surface area contributed by atoms with Gasteiger partial charge in [0.1, 0.15) is 17.9 Å². The maximum Gasteiger partial charge on any atom is 0.270 e. The first-order valence-electron chi connectivity index (χ1n) is 11.9. The van der Waals surface area contributed by atoms with Crippen molar-refractivity contribution in [3.63, 3.8) is 0 Å². The quantitative estimate of drug-likeness (QED) is 0.0959. The lowest BCUT2D eigenvalue weighted by Gasteiger charge is -2.36. The summed E-state index contributed by atoms with van der Waals surface area (Å²) in [7, 11) is 0. The van der Waals surface area contributed by atoms with Crippen molar-refractivity contribution in [1.82, 2.24) is 0 Å². The van der Waals surface area contributed by atoms with Crippen molar-refractivity contribution in [3.05, 3.63) is 136 Å². The molecule has 1 aliphatic heterocycles. The van der Waals surface area contributed by atoms with Crippen LogP contribution in [0.25, 0.3) is 6.08 Å². The van der Waals surface area contributed by atoms with E-state index >= 15 is 0 Å². The topological polar surface area (TPSA) is 93.0 Å². The lowest BCUT2D eigenvalue weighted by molar-refractivity contribution is -0.384. The van der Waals surface area contributed by atoms with Gasteiger partial charge in [0.2, 0.25) is 0 Å². The Morgan fingerprint density at radius 2 is 1.33 bits per heavy atom. The van der Waals surface area contributed by atoms with E-state index < -0.39 is 16.7 Å². The van der Waals surface area contributed by atoms with Crippen LogP contribution in [0.1, 0.15) is 11.1 Å². The summed E-state index contributed by atoms with van der Waals surface area (Å²) in [5.74, 6) is -0.712. The summed E-state index contributed by atoms with van der Waals surface area (Å²) in [6.07, 6.45) is 1.49. The Morgan fingerprint density at radius 3 is 1.92 bits per heavy atom. The minimum absolute atomic E-state index is 0.0390. The van der Waals surface area contributed by atoms with Crippen molar-refractivity contribution in [2.75, 3.05) is 9.80 Å². The Morgan fingerprint density at radius 1 is 0.769 bits per heavy atom. The van der Waals surface area contributed by atoms with E-state index in [-0.39, 0.29) is 23.0 Å². The highest BCUT2D eigenvalue weighted by molar-refractivity contribution is 7.81. The molecule has 0 saturated carbocycles. The van der Waals surface area contributed by atoms with E-state index in [4.69, 9.17) is 17.0 Å². The number of hydrogen-bond donors (Lipinski definition) is 0. The van der Waals surface area contributed by atoms with Gasteiger partial charge >= 0.3 is 0 Å². The number of amides is 2. The minimum atomic E-state index is -0.558. The minimum Gasteiger partial charge on any atom is -0.488 e. The Balaban J connectivity index is 1.53. The van der Waals surface area contributed by atoms with E-state index in [1.54, 1.807) is 84.9 Å². The Kier molecular flexibility index (Phi) is 7.24. The zero-order valence-electron chi connectivity index (χ0n) is 20.5. The molecule has 4 aromatic rings. The molecule has 5 rings (SSSR count). The van der Waals surface area contributed by atoms with Crippen molar-refractivity contribution >= 4 is 52.3 Å². The SMILES string of the molecule is O=C1C(=Cc2ccccc2OCc2cccc([N+](=O)[O-])c2)C(=O)N(c2ccccc2)C(=S)N1c1ccccc1. The third-order valence-corrected chi connectivity index (χ3v) is 6.38. The largest absolute Gasteiger partial charge is 0.488 e. The van der Waals surface area contributed by atoms with Gasteiger partial charge in [-0.2, -0.15) is 0 Å². The fraction of sp³-hybridized carbons (Fsp3) is 0.0333. The van der Waals surface area contributed by atoms with Gasteiger partial charge in [0, 0.05) is 17.7 Å². The number of nitro groups is 1. The monoisotopic (exact) mass is 535 g/mol. The molecule has 0 aromatic heterocycles. The summed E-state index contributed by atoms with van der Waals surface area (Å²) in [5.41, 5.74) is 2.02. The number of benzene rings is 4. The lowest BCUT2D eigenvalue weighted by Crippen LogP contribution is -2.56. The molecule has 8 nitrogen and oxygen atoms in total. The number of non-ortho nitro benzene ring substituents is 1. The van der Waals surface area contributed by atoms with Crippen molar-refractivity contribution in [2.45, 2.75) is 6.61 Å². The number of rotatable bonds is 7. The summed E-state index contributed by atoms with van der Waals surface area (Å²) in [5, 5.41) is 11.2. The summed E-state index contributed by atoms with van der Waals surface area (Å²) in [4.78, 5) is 40.8. The second-order valence-electron chi connectivity index (χ2n) is 8.55. The molecule has 0 atom stereocenters. The lowest BCUT2D eigenvalue weighted by atomic mass is 10.0. The molecule has 192 valence electrons. The summed E-state index contributed by atoms with van der Waals surface area (Å²) >= 11 is 5.64. The Labute approximate surface area is 229 Å². The second-order valence-corrected chi connectivity index (χ2v) is 8.91. The number of para-hydroxylation sites is 3. The van der Waals surface area contributed by atoms with Gasteiger partial charge in [0.15, 0.2) is 5.11 Å². The maximum atomic E-state index is 13.7. The predicted octanol–water partition coefficient (Wildman–Crippen LogP) is 5.92. The number of ether oxygens (including phenoxy) is 1. The fourth-order valence-electron chi connectivity index (χ4n) is 4.15. The molecular weight excluding hydrogens is 514 g/mol. The molecule has 9 heteroatoms. The van der Waals surface area contributed by atoms with Crippen LogP contribution < -0.4 is 14.5 Å². The molecule has 0 aliphatic carbocycles. The second kappa shape index (κ2) is 11.1. The molecule has 1 fully saturated rings. The highest BCUT2D eigenvalue weighted by atomic mass is 32.1. The third kappa shape index (κ3) is 5.29. The van der Waals surface area contributed by atoms with Crippen LogP contribution in [-0.4, -0.2) is 21.9 Å². The van der Waals surface area contributed by atoms with E-state index in [1.807, 2.05) is 12.1 Å². The molecule has 0 spiro atoms. The number of anilines is 2. The van der Waals surface area contributed by atoms with Crippen molar-refractivity contribution in [3.8, 4) is 5.75 Å². The zero-order chi connectivity index (χ0) is 27.4. The van der Waals surface area contributed by atoms with Crippen LogP contribution >= 0.6 is 12.2 Å². The van der Waals surface area contributed by atoms with E-state index in [9.17, 15) is 19.7 Å². The van der Waals surface area contributed by atoms with Gasteiger partial charge in [0.05, 0.1) is 16.3 Å². The van der Waals surface area contributed by atoms with Crippen LogP contribution in [0, 0.1) is 10.1 Å². The molecule has 0 N–H and O–H groups in total. The van der Waals surface area contributed by atoms with E-state index in [1.165, 1.54) is 28.0 Å². The van der Waals surface area contributed by atoms with Gasteiger partial charge in [-0.3, -0.25) is 29.5 Å². The van der Waals surface area contributed by atoms with Crippen LogP contribution in [0.3, 0.4) is 0 Å². The summed E-state index contributed by atoms with van der Waals surface area (Å²) in [6.45, 7) is 0.0557. The number of hydrogen-bond acceptors (Lipinski definition) is 6. The molecular formula is C30H21N3O5S. The van der Waals surface area contributed by atoms with E-state index in [0.29, 0.717) is 28.3 Å². The molecule has 0 radical (unpaired) electrons. The first-order chi connectivity index (χ1) is 18.9. The first kappa shape index (κ1) is 25.5. The molecule has 1 aliphatic rings. The van der Waals surface area contributed by atoms with Crippen molar-refractivity contribution < 1.29 is 19.2 Å². The average molecular weight is 536 g/mol. The molecule has 1 heterocycles. The van der Waals surface area contributed by atoms with Gasteiger partial charge in [-0.25, -0.2) is 0 Å². The van der Waals surface area contributed by atoms with Gasteiger partial charge in [-0.15, -0.1) is 0 Å². The van der Waals surface area contributed by atoms with E-state index in [0.717, 1.165) is 0 Å². The van der Waals surface area contributed by atoms with Crippen LogP contribution in [0.4, 0.5) is 17.1 Å². The van der Waals surface area contributed by atoms with E-state index in [2.05, 4.69) is 0 Å².